The average Bonchev–Trinajstić information content (AvgIpc) is 3.18. The van der Waals surface area contributed by atoms with Crippen LogP contribution in [0.15, 0.2) is 72.8 Å². The lowest BCUT2D eigenvalue weighted by molar-refractivity contribution is -0.200. The van der Waals surface area contributed by atoms with Crippen LogP contribution in [0.25, 0.3) is 0 Å². The number of nitrogens with zero attached hydrogens (tertiary/aromatic N) is 2. The summed E-state index contributed by atoms with van der Waals surface area (Å²) in [7, 11) is 0. The van der Waals surface area contributed by atoms with Gasteiger partial charge in [-0.3, -0.25) is 0 Å². The summed E-state index contributed by atoms with van der Waals surface area (Å²) >= 11 is 0. The Morgan fingerprint density at radius 2 is 1.66 bits per heavy atom. The van der Waals surface area contributed by atoms with Gasteiger partial charge in [0.15, 0.2) is 6.10 Å². The third kappa shape index (κ3) is 5.26. The molecule has 2 atom stereocenters. The van der Waals surface area contributed by atoms with E-state index in [9.17, 15) is 22.7 Å². The highest BCUT2D eigenvalue weighted by Crippen LogP contribution is 2.48. The first kappa shape index (κ1) is 26.5. The zero-order valence-corrected chi connectivity index (χ0v) is 21.8. The number of β-amino-alcohol motifs (C(OH)–C–C–N with tert-alkyl or cyclic N) is 1. The standard InChI is InChI=1S/C31H34F4N2O/c1-22-7-5-8-23(17-22)19-30(24-9-6-10-25(18-24)36-15-13-29(2,32)14-16-36)21-37(20-28(38)31(33,34)35)27-12-4-3-11-26(27)30/h3-12,17-18,28,38H,13-16,19-21H2,1-2H3/t28-,30?/m1/s1. The Morgan fingerprint density at radius 1 is 0.947 bits per heavy atom. The summed E-state index contributed by atoms with van der Waals surface area (Å²) in [5.41, 5.74) is 4.07. The Bertz CT molecular complexity index is 1280. The van der Waals surface area contributed by atoms with Crippen LogP contribution in [0.4, 0.5) is 28.9 Å². The van der Waals surface area contributed by atoms with Gasteiger partial charge in [0, 0.05) is 36.4 Å². The summed E-state index contributed by atoms with van der Waals surface area (Å²) in [6.07, 6.45) is -5.64. The van der Waals surface area contributed by atoms with Crippen LogP contribution in [-0.2, 0) is 11.8 Å². The summed E-state index contributed by atoms with van der Waals surface area (Å²) in [6, 6.07) is 24.0. The molecule has 3 nitrogen and oxygen atoms in total. The van der Waals surface area contributed by atoms with Crippen LogP contribution < -0.4 is 9.80 Å². The van der Waals surface area contributed by atoms with Crippen LogP contribution in [0, 0.1) is 6.92 Å². The molecule has 5 rings (SSSR count). The molecule has 0 amide bonds. The highest BCUT2D eigenvalue weighted by atomic mass is 19.4. The number of halogens is 4. The van der Waals surface area contributed by atoms with Crippen LogP contribution in [-0.4, -0.2) is 49.2 Å². The van der Waals surface area contributed by atoms with E-state index in [1.807, 2.05) is 61.5 Å². The Balaban J connectivity index is 1.59. The fourth-order valence-corrected chi connectivity index (χ4v) is 6.03. The molecule has 1 saturated heterocycles. The molecule has 2 aliphatic heterocycles. The number of fused-ring (bicyclic) bond motifs is 1. The van der Waals surface area contributed by atoms with Gasteiger partial charge in [0.2, 0.25) is 0 Å². The van der Waals surface area contributed by atoms with Gasteiger partial charge in [-0.05, 0) is 68.0 Å². The zero-order valence-electron chi connectivity index (χ0n) is 21.8. The highest BCUT2D eigenvalue weighted by molar-refractivity contribution is 5.68. The van der Waals surface area contributed by atoms with E-state index in [1.165, 1.54) is 0 Å². The normalized spacial score (nSPS) is 21.9. The lowest BCUT2D eigenvalue weighted by Crippen LogP contribution is -2.44. The maximum absolute atomic E-state index is 14.5. The van der Waals surface area contributed by atoms with Crippen molar-refractivity contribution in [2.24, 2.45) is 0 Å². The second-order valence-corrected chi connectivity index (χ2v) is 11.2. The quantitative estimate of drug-likeness (QED) is 0.367. The predicted octanol–water partition coefficient (Wildman–Crippen LogP) is 6.60. The number of benzene rings is 3. The van der Waals surface area contributed by atoms with E-state index >= 15 is 0 Å². The third-order valence-electron chi connectivity index (χ3n) is 8.15. The van der Waals surface area contributed by atoms with E-state index in [1.54, 1.807) is 11.8 Å². The van der Waals surface area contributed by atoms with Crippen LogP contribution in [0.3, 0.4) is 0 Å². The average molecular weight is 527 g/mol. The van der Waals surface area contributed by atoms with Gasteiger partial charge in [0.25, 0.3) is 0 Å². The molecule has 0 spiro atoms. The van der Waals surface area contributed by atoms with Crippen molar-refractivity contribution < 1.29 is 22.7 Å². The molecule has 0 saturated carbocycles. The van der Waals surface area contributed by atoms with Crippen molar-refractivity contribution in [2.45, 2.75) is 56.5 Å². The van der Waals surface area contributed by atoms with Gasteiger partial charge in [-0.25, -0.2) is 4.39 Å². The van der Waals surface area contributed by atoms with Gasteiger partial charge < -0.3 is 14.9 Å². The largest absolute Gasteiger partial charge is 0.416 e. The molecule has 0 radical (unpaired) electrons. The molecule has 202 valence electrons. The maximum atomic E-state index is 14.5. The molecular formula is C31H34F4N2O. The fourth-order valence-electron chi connectivity index (χ4n) is 6.03. The Labute approximate surface area is 221 Å². The number of hydrogen-bond donors (Lipinski definition) is 1. The lowest BCUT2D eigenvalue weighted by atomic mass is 9.71. The van der Waals surface area contributed by atoms with E-state index in [0.717, 1.165) is 27.9 Å². The molecule has 3 aromatic carbocycles. The topological polar surface area (TPSA) is 26.7 Å². The van der Waals surface area contributed by atoms with E-state index in [-0.39, 0.29) is 0 Å². The van der Waals surface area contributed by atoms with Crippen molar-refractivity contribution in [3.8, 4) is 0 Å². The van der Waals surface area contributed by atoms with E-state index in [4.69, 9.17) is 0 Å². The van der Waals surface area contributed by atoms with Gasteiger partial charge >= 0.3 is 6.18 Å². The molecule has 2 heterocycles. The number of aliphatic hydroxyl groups is 1. The van der Waals surface area contributed by atoms with Crippen molar-refractivity contribution in [3.63, 3.8) is 0 Å². The van der Waals surface area contributed by atoms with Crippen molar-refractivity contribution in [1.29, 1.82) is 0 Å². The van der Waals surface area contributed by atoms with Crippen LogP contribution in [0.1, 0.15) is 42.0 Å². The second kappa shape index (κ2) is 9.92. The van der Waals surface area contributed by atoms with Crippen molar-refractivity contribution in [3.05, 3.63) is 95.1 Å². The van der Waals surface area contributed by atoms with Crippen LogP contribution in [0.2, 0.25) is 0 Å². The molecule has 0 aromatic heterocycles. The molecule has 3 aromatic rings. The van der Waals surface area contributed by atoms with E-state index < -0.39 is 29.9 Å². The zero-order chi connectivity index (χ0) is 27.1. The number of piperidine rings is 1. The molecule has 1 fully saturated rings. The molecule has 7 heteroatoms. The lowest BCUT2D eigenvalue weighted by Gasteiger charge is -2.37. The molecule has 0 aliphatic carbocycles. The third-order valence-corrected chi connectivity index (χ3v) is 8.15. The molecule has 1 unspecified atom stereocenters. The number of aryl methyl sites for hydroxylation is 1. The first-order valence-corrected chi connectivity index (χ1v) is 13.2. The van der Waals surface area contributed by atoms with Crippen LogP contribution in [0.5, 0.6) is 0 Å². The Hall–Kier alpha value is -3.06. The highest BCUT2D eigenvalue weighted by Gasteiger charge is 2.47. The Kier molecular flexibility index (Phi) is 6.93. The first-order chi connectivity index (χ1) is 18.0. The van der Waals surface area contributed by atoms with E-state index in [0.29, 0.717) is 44.6 Å². The maximum Gasteiger partial charge on any atom is 0.416 e. The fraction of sp³-hybridized carbons (Fsp3) is 0.419. The van der Waals surface area contributed by atoms with Gasteiger partial charge in [-0.1, -0.05) is 60.2 Å². The molecule has 0 bridgehead atoms. The van der Waals surface area contributed by atoms with Crippen molar-refractivity contribution in [1.82, 2.24) is 0 Å². The monoisotopic (exact) mass is 526 g/mol. The molecule has 1 N–H and O–H groups in total. The smallest absolute Gasteiger partial charge is 0.382 e. The summed E-state index contributed by atoms with van der Waals surface area (Å²) in [4.78, 5) is 3.86. The number of alkyl halides is 4. The summed E-state index contributed by atoms with van der Waals surface area (Å²) in [5, 5.41) is 9.99. The second-order valence-electron chi connectivity index (χ2n) is 11.2. The van der Waals surface area contributed by atoms with Gasteiger partial charge in [0.1, 0.15) is 5.67 Å². The molecule has 38 heavy (non-hydrogen) atoms. The first-order valence-electron chi connectivity index (χ1n) is 13.2. The van der Waals surface area contributed by atoms with E-state index in [2.05, 4.69) is 23.1 Å². The number of rotatable bonds is 6. The van der Waals surface area contributed by atoms with Gasteiger partial charge in [-0.2, -0.15) is 13.2 Å². The predicted molar refractivity (Wildman–Crippen MR) is 144 cm³/mol. The van der Waals surface area contributed by atoms with Gasteiger partial charge in [0.05, 0.1) is 6.54 Å². The molecular weight excluding hydrogens is 492 g/mol. The van der Waals surface area contributed by atoms with Crippen molar-refractivity contribution in [2.75, 3.05) is 36.0 Å². The number of aliphatic hydroxyl groups excluding tert-OH is 1. The number of hydrogen-bond acceptors (Lipinski definition) is 3. The minimum atomic E-state index is -4.70. The summed E-state index contributed by atoms with van der Waals surface area (Å²) in [6.45, 7) is 4.68. The summed E-state index contributed by atoms with van der Waals surface area (Å²) < 4.78 is 54.7. The minimum absolute atomic E-state index is 0.305. The minimum Gasteiger partial charge on any atom is -0.382 e. The SMILES string of the molecule is Cc1cccc(CC2(c3cccc(N4CCC(C)(F)CC4)c3)CN(C[C@@H](O)C(F)(F)F)c3ccccc32)c1. The van der Waals surface area contributed by atoms with Crippen LogP contribution >= 0.6 is 0 Å². The summed E-state index contributed by atoms with van der Waals surface area (Å²) in [5.74, 6) is 0. The number of anilines is 2. The van der Waals surface area contributed by atoms with Gasteiger partial charge in [-0.15, -0.1) is 0 Å². The molecule has 2 aliphatic rings. The number of para-hydroxylation sites is 1. The van der Waals surface area contributed by atoms with Crippen molar-refractivity contribution >= 4 is 11.4 Å². The Morgan fingerprint density at radius 3 is 2.37 bits per heavy atom.